The minimum absolute atomic E-state index is 0.00261. The number of carbonyl (C=O) groups excluding carboxylic acids is 4. The number of nitrogens with one attached hydrogen (secondary N) is 2. The molecule has 0 aromatic heterocycles. The van der Waals surface area contributed by atoms with Gasteiger partial charge in [-0.25, -0.2) is 9.59 Å². The monoisotopic (exact) mass is 492 g/mol. The molecule has 1 rings (SSSR count). The molecule has 0 saturated carbocycles. The molecule has 2 amide bonds. The van der Waals surface area contributed by atoms with Crippen LogP contribution in [0.2, 0.25) is 0 Å². The maximum absolute atomic E-state index is 12.8. The first-order valence-corrected chi connectivity index (χ1v) is 11.4. The molecule has 0 bridgehead atoms. The number of carboxylic acid groups (broad SMARTS) is 1. The summed E-state index contributed by atoms with van der Waals surface area (Å²) in [5.41, 5.74) is -1.14. The fraction of sp³-hybridized carbons (Fsp3) is 0.750. The van der Waals surface area contributed by atoms with E-state index in [-0.39, 0.29) is 38.6 Å². The van der Waals surface area contributed by atoms with E-state index in [1.165, 1.54) is 0 Å². The van der Waals surface area contributed by atoms with Crippen LogP contribution in [-0.4, -0.2) is 104 Å². The lowest BCUT2D eigenvalue weighted by molar-refractivity contribution is -0.873. The van der Waals surface area contributed by atoms with Crippen LogP contribution in [0.3, 0.4) is 0 Å². The lowest BCUT2D eigenvalue weighted by Gasteiger charge is -2.33. The van der Waals surface area contributed by atoms with Crippen LogP contribution in [0.15, 0.2) is 0 Å². The second-order valence-electron chi connectivity index (χ2n) is 9.33. The second kappa shape index (κ2) is 12.6. The molecule has 3 N–H and O–H groups in total. The molecule has 0 radical (unpaired) electrons. The number of amides is 2. The van der Waals surface area contributed by atoms with Crippen molar-refractivity contribution in [1.82, 2.24) is 10.6 Å². The Morgan fingerprint density at radius 2 is 1.88 bits per heavy atom. The third-order valence-electron chi connectivity index (χ3n) is 4.44. The number of hydrogen-bond acceptors (Lipinski definition) is 9. The molecule has 13 heteroatoms. The van der Waals surface area contributed by atoms with Gasteiger partial charge >= 0.3 is 17.4 Å². The Morgan fingerprint density at radius 3 is 2.48 bits per heavy atom. The zero-order valence-corrected chi connectivity index (χ0v) is 20.5. The summed E-state index contributed by atoms with van der Waals surface area (Å²) >= 11 is 0.875. The molecular formula is C20H34N3O9S+. The predicted octanol–water partition coefficient (Wildman–Crippen LogP) is 0.590. The van der Waals surface area contributed by atoms with Crippen molar-refractivity contribution >= 4 is 41.0 Å². The Hall–Kier alpha value is -2.54. The number of thioether (sulfide) groups is 1. The van der Waals surface area contributed by atoms with Gasteiger partial charge in [0.1, 0.15) is 13.2 Å². The molecule has 1 fully saturated rings. The minimum Gasteiger partial charge on any atom is -0.481 e. The average Bonchev–Trinajstić information content (AvgIpc) is 2.65. The summed E-state index contributed by atoms with van der Waals surface area (Å²) in [4.78, 5) is 60.2. The Morgan fingerprint density at radius 1 is 1.21 bits per heavy atom. The highest BCUT2D eigenvalue weighted by atomic mass is 32.2. The Labute approximate surface area is 197 Å². The lowest BCUT2D eigenvalue weighted by Crippen LogP contribution is -2.50. The molecule has 1 aliphatic rings. The number of rotatable bonds is 6. The van der Waals surface area contributed by atoms with Gasteiger partial charge in [0, 0.05) is 30.7 Å². The Bertz CT molecular complexity index is 737. The summed E-state index contributed by atoms with van der Waals surface area (Å²) in [6.07, 6.45) is -4.07. The van der Waals surface area contributed by atoms with Crippen LogP contribution >= 0.6 is 11.8 Å². The second-order valence-corrected chi connectivity index (χ2v) is 10.4. The number of hydrogen-bond donors (Lipinski definition) is 3. The third-order valence-corrected chi connectivity index (χ3v) is 5.20. The summed E-state index contributed by atoms with van der Waals surface area (Å²) in [6.45, 7) is 3.40. The molecule has 0 spiro atoms. The fourth-order valence-corrected chi connectivity index (χ4v) is 3.46. The van der Waals surface area contributed by atoms with Gasteiger partial charge < -0.3 is 34.4 Å². The quantitative estimate of drug-likeness (QED) is 0.354. The van der Waals surface area contributed by atoms with Crippen LogP contribution in [0.5, 0.6) is 0 Å². The van der Waals surface area contributed by atoms with E-state index < -0.39 is 47.4 Å². The van der Waals surface area contributed by atoms with Gasteiger partial charge in [0.25, 0.3) is 5.91 Å². The maximum atomic E-state index is 12.8. The van der Waals surface area contributed by atoms with Gasteiger partial charge in [0.05, 0.1) is 27.6 Å². The van der Waals surface area contributed by atoms with Crippen LogP contribution in [0.25, 0.3) is 0 Å². The highest BCUT2D eigenvalue weighted by Gasteiger charge is 2.41. The molecule has 1 saturated heterocycles. The first kappa shape index (κ1) is 28.5. The molecule has 0 aromatic rings. The van der Waals surface area contributed by atoms with E-state index in [2.05, 4.69) is 10.6 Å². The molecule has 0 aliphatic carbocycles. The first-order valence-electron chi connectivity index (χ1n) is 10.4. The standard InChI is InChI=1S/C20H33N3O9S/c1-20(2)12-30-19(29)33-9-8-21-14(24)6-7-22-17(27)16(20)32-18(28)31-13(10-15(25)26)11-23(3,4)5/h13,16H,6-12H2,1-5H3,(H2-,21,22,24,25,26,27)/p+1/t13-,16+/m1/s1. The number of cyclic esters (lactones) is 1. The van der Waals surface area contributed by atoms with Crippen molar-refractivity contribution < 1.29 is 47.8 Å². The van der Waals surface area contributed by atoms with E-state index >= 15 is 0 Å². The zero-order valence-electron chi connectivity index (χ0n) is 19.7. The third kappa shape index (κ3) is 11.8. The van der Waals surface area contributed by atoms with Crippen molar-refractivity contribution in [1.29, 1.82) is 0 Å². The Kier molecular flexibility index (Phi) is 10.9. The van der Waals surface area contributed by atoms with Gasteiger partial charge in [0.2, 0.25) is 5.91 Å². The highest BCUT2D eigenvalue weighted by molar-refractivity contribution is 8.13. The van der Waals surface area contributed by atoms with Crippen molar-refractivity contribution in [2.24, 2.45) is 5.41 Å². The fourth-order valence-electron chi connectivity index (χ4n) is 2.94. The SMILES string of the molecule is CC1(C)COC(=O)SCCNC(=O)CCNC(=O)[C@@H]1OC(=O)O[C@H](CC(=O)O)C[N+](C)(C)C. The molecule has 0 unspecified atom stereocenters. The van der Waals surface area contributed by atoms with E-state index in [4.69, 9.17) is 19.3 Å². The number of carbonyl (C=O) groups is 5. The van der Waals surface area contributed by atoms with Gasteiger partial charge in [-0.1, -0.05) is 13.8 Å². The predicted molar refractivity (Wildman–Crippen MR) is 119 cm³/mol. The van der Waals surface area contributed by atoms with Gasteiger partial charge in [-0.15, -0.1) is 0 Å². The number of nitrogens with zero attached hydrogens (tertiary/aromatic N) is 1. The molecule has 1 aliphatic heterocycles. The molecular weight excluding hydrogens is 458 g/mol. The molecule has 188 valence electrons. The van der Waals surface area contributed by atoms with Crippen molar-refractivity contribution in [2.75, 3.05) is 53.1 Å². The van der Waals surface area contributed by atoms with Crippen molar-refractivity contribution in [3.8, 4) is 0 Å². The van der Waals surface area contributed by atoms with Crippen LogP contribution in [0, 0.1) is 5.41 Å². The van der Waals surface area contributed by atoms with Gasteiger partial charge in [-0.3, -0.25) is 14.4 Å². The normalized spacial score (nSPS) is 21.5. The van der Waals surface area contributed by atoms with Gasteiger partial charge in [-0.05, 0) is 11.8 Å². The summed E-state index contributed by atoms with van der Waals surface area (Å²) in [7, 11) is 5.42. The average molecular weight is 493 g/mol. The van der Waals surface area contributed by atoms with Crippen LogP contribution in [0.4, 0.5) is 9.59 Å². The van der Waals surface area contributed by atoms with E-state index in [0.29, 0.717) is 10.2 Å². The van der Waals surface area contributed by atoms with Gasteiger partial charge in [-0.2, -0.15) is 0 Å². The molecule has 1 heterocycles. The zero-order chi connectivity index (χ0) is 25.2. The molecule has 33 heavy (non-hydrogen) atoms. The Balaban J connectivity index is 2.99. The van der Waals surface area contributed by atoms with Gasteiger partial charge in [0.15, 0.2) is 12.2 Å². The number of carboxylic acids is 1. The van der Waals surface area contributed by atoms with Crippen molar-refractivity contribution in [3.63, 3.8) is 0 Å². The highest BCUT2D eigenvalue weighted by Crippen LogP contribution is 2.26. The minimum atomic E-state index is -1.43. The smallest absolute Gasteiger partial charge is 0.481 e. The van der Waals surface area contributed by atoms with Crippen LogP contribution < -0.4 is 10.6 Å². The summed E-state index contributed by atoms with van der Waals surface area (Å²) in [5, 5.41) is 13.7. The summed E-state index contributed by atoms with van der Waals surface area (Å²) in [6, 6.07) is 0. The maximum Gasteiger partial charge on any atom is 0.509 e. The molecule has 2 atom stereocenters. The molecule has 12 nitrogen and oxygen atoms in total. The number of ether oxygens (including phenoxy) is 3. The van der Waals surface area contributed by atoms with Crippen LogP contribution in [0.1, 0.15) is 26.7 Å². The summed E-state index contributed by atoms with van der Waals surface area (Å²) < 4.78 is 16.0. The summed E-state index contributed by atoms with van der Waals surface area (Å²) in [5.74, 6) is -1.85. The topological polar surface area (TPSA) is 157 Å². The van der Waals surface area contributed by atoms with E-state index in [0.717, 1.165) is 11.8 Å². The van der Waals surface area contributed by atoms with Crippen LogP contribution in [-0.2, 0) is 28.6 Å². The number of likely N-dealkylation sites (N-methyl/N-ethyl adjacent to an activating group) is 1. The number of quaternary nitrogens is 1. The molecule has 0 aromatic carbocycles. The van der Waals surface area contributed by atoms with E-state index in [1.54, 1.807) is 35.0 Å². The van der Waals surface area contributed by atoms with Crippen molar-refractivity contribution in [2.45, 2.75) is 38.9 Å². The first-order chi connectivity index (χ1) is 15.2. The number of aliphatic carboxylic acids is 1. The lowest BCUT2D eigenvalue weighted by atomic mass is 9.86. The van der Waals surface area contributed by atoms with E-state index in [1.807, 2.05) is 0 Å². The van der Waals surface area contributed by atoms with E-state index in [9.17, 15) is 24.0 Å². The van der Waals surface area contributed by atoms with Crippen molar-refractivity contribution in [3.05, 3.63) is 0 Å². The largest absolute Gasteiger partial charge is 0.509 e.